The topological polar surface area (TPSA) is 99.6 Å². The number of halogens is 1. The molecule has 1 heterocycles. The van der Waals surface area contributed by atoms with E-state index >= 15 is 0 Å². The Morgan fingerprint density at radius 3 is 2.68 bits per heavy atom. The number of nitrogen functional groups attached to an aromatic ring is 1. The maximum absolute atomic E-state index is 5.80. The van der Waals surface area contributed by atoms with Gasteiger partial charge in [-0.3, -0.25) is 0 Å². The van der Waals surface area contributed by atoms with E-state index in [1.54, 1.807) is 26.5 Å². The molecule has 0 spiro atoms. The summed E-state index contributed by atoms with van der Waals surface area (Å²) in [6.45, 7) is 1.95. The maximum Gasteiger partial charge on any atom is 0.263 e. The lowest BCUT2D eigenvalue weighted by atomic mass is 10.2. The summed E-state index contributed by atoms with van der Waals surface area (Å²) >= 11 is 0. The number of nitrogens with two attached hydrogens (primary N) is 1. The SMILES string of the molecule is CCc1nnc(N/N=C\c2ccc(OC)cc2OC)n1N.Cl. The number of hydrogen-bond donors (Lipinski definition) is 2. The molecule has 0 aliphatic rings. The van der Waals surface area contributed by atoms with Crippen molar-refractivity contribution in [3.63, 3.8) is 0 Å². The summed E-state index contributed by atoms with van der Waals surface area (Å²) in [5, 5.41) is 11.9. The van der Waals surface area contributed by atoms with Crippen LogP contribution in [0.4, 0.5) is 5.95 Å². The Bertz CT molecular complexity index is 643. The second kappa shape index (κ2) is 8.08. The van der Waals surface area contributed by atoms with Crippen LogP contribution in [0.3, 0.4) is 0 Å². The van der Waals surface area contributed by atoms with E-state index in [2.05, 4.69) is 20.7 Å². The molecule has 9 heteroatoms. The molecule has 8 nitrogen and oxygen atoms in total. The number of ether oxygens (including phenoxy) is 2. The van der Waals surface area contributed by atoms with Crippen molar-refractivity contribution in [1.82, 2.24) is 14.9 Å². The lowest BCUT2D eigenvalue weighted by Gasteiger charge is -2.07. The van der Waals surface area contributed by atoms with Crippen LogP contribution in [0.2, 0.25) is 0 Å². The highest BCUT2D eigenvalue weighted by molar-refractivity contribution is 5.85. The molecular formula is C13H19ClN6O2. The standard InChI is InChI=1S/C13H18N6O2.ClH/c1-4-12-16-18-13(19(12)14)17-15-8-9-5-6-10(20-2)7-11(9)21-3;/h5-8H,4,14H2,1-3H3,(H,17,18);1H/b15-8-;. The van der Waals surface area contributed by atoms with Crippen molar-refractivity contribution in [2.45, 2.75) is 13.3 Å². The van der Waals surface area contributed by atoms with Crippen LogP contribution in [-0.2, 0) is 6.42 Å². The van der Waals surface area contributed by atoms with Crippen LogP contribution in [0, 0.1) is 0 Å². The summed E-state index contributed by atoms with van der Waals surface area (Å²) in [5.41, 5.74) is 3.54. The van der Waals surface area contributed by atoms with E-state index in [1.807, 2.05) is 19.1 Å². The zero-order chi connectivity index (χ0) is 15.2. The average molecular weight is 327 g/mol. The molecule has 2 aromatic rings. The molecule has 0 atom stereocenters. The molecule has 3 N–H and O–H groups in total. The van der Waals surface area contributed by atoms with E-state index in [9.17, 15) is 0 Å². The van der Waals surface area contributed by atoms with Gasteiger partial charge in [-0.15, -0.1) is 22.6 Å². The third kappa shape index (κ3) is 3.79. The second-order valence-electron chi connectivity index (χ2n) is 4.14. The van der Waals surface area contributed by atoms with Crippen LogP contribution in [0.25, 0.3) is 0 Å². The largest absolute Gasteiger partial charge is 0.497 e. The van der Waals surface area contributed by atoms with Crippen molar-refractivity contribution in [2.24, 2.45) is 5.10 Å². The molecule has 2 rings (SSSR count). The quantitative estimate of drug-likeness (QED) is 0.473. The average Bonchev–Trinajstić information content (AvgIpc) is 2.88. The molecule has 0 aliphatic carbocycles. The van der Waals surface area contributed by atoms with Crippen molar-refractivity contribution < 1.29 is 9.47 Å². The van der Waals surface area contributed by atoms with Crippen molar-refractivity contribution in [2.75, 3.05) is 25.5 Å². The summed E-state index contributed by atoms with van der Waals surface area (Å²) < 4.78 is 11.8. The minimum atomic E-state index is 0. The third-order valence-electron chi connectivity index (χ3n) is 2.89. The molecule has 0 bridgehead atoms. The number of nitrogens with zero attached hydrogens (tertiary/aromatic N) is 4. The van der Waals surface area contributed by atoms with Gasteiger partial charge < -0.3 is 15.3 Å². The highest BCUT2D eigenvalue weighted by Gasteiger charge is 2.06. The van der Waals surface area contributed by atoms with Gasteiger partial charge in [0.1, 0.15) is 11.5 Å². The number of benzene rings is 1. The van der Waals surface area contributed by atoms with Crippen LogP contribution in [0.5, 0.6) is 11.5 Å². The van der Waals surface area contributed by atoms with Crippen LogP contribution in [0.1, 0.15) is 18.3 Å². The van der Waals surface area contributed by atoms with E-state index < -0.39 is 0 Å². The van der Waals surface area contributed by atoms with E-state index in [-0.39, 0.29) is 12.4 Å². The number of nitrogens with one attached hydrogen (secondary N) is 1. The van der Waals surface area contributed by atoms with Gasteiger partial charge in [0.15, 0.2) is 5.82 Å². The number of hydrogen-bond acceptors (Lipinski definition) is 7. The summed E-state index contributed by atoms with van der Waals surface area (Å²) in [4.78, 5) is 0. The highest BCUT2D eigenvalue weighted by atomic mass is 35.5. The summed E-state index contributed by atoms with van der Waals surface area (Å²) in [6, 6.07) is 5.44. The molecule has 0 unspecified atom stereocenters. The Hall–Kier alpha value is -2.48. The van der Waals surface area contributed by atoms with Crippen LogP contribution >= 0.6 is 12.4 Å². The molecule has 0 fully saturated rings. The van der Waals surface area contributed by atoms with Gasteiger partial charge in [-0.1, -0.05) is 6.92 Å². The van der Waals surface area contributed by atoms with Crippen molar-refractivity contribution in [3.8, 4) is 11.5 Å². The van der Waals surface area contributed by atoms with Crippen LogP contribution in [0.15, 0.2) is 23.3 Å². The number of aryl methyl sites for hydroxylation is 1. The first kappa shape index (κ1) is 17.6. The van der Waals surface area contributed by atoms with Gasteiger partial charge in [0.2, 0.25) is 0 Å². The molecule has 1 aromatic heterocycles. The van der Waals surface area contributed by atoms with Gasteiger partial charge in [-0.2, -0.15) is 5.10 Å². The second-order valence-corrected chi connectivity index (χ2v) is 4.14. The Balaban J connectivity index is 0.00000242. The van der Waals surface area contributed by atoms with Crippen molar-refractivity contribution >= 4 is 24.6 Å². The monoisotopic (exact) mass is 326 g/mol. The molecule has 0 saturated heterocycles. The minimum Gasteiger partial charge on any atom is -0.497 e. The predicted octanol–water partition coefficient (Wildman–Crippen LogP) is 1.44. The summed E-state index contributed by atoms with van der Waals surface area (Å²) in [7, 11) is 3.19. The maximum atomic E-state index is 5.80. The van der Waals surface area contributed by atoms with E-state index in [0.717, 1.165) is 5.56 Å². The Labute approximate surface area is 134 Å². The minimum absolute atomic E-state index is 0. The number of hydrazone groups is 1. The van der Waals surface area contributed by atoms with Crippen molar-refractivity contribution in [1.29, 1.82) is 0 Å². The Morgan fingerprint density at radius 1 is 1.32 bits per heavy atom. The smallest absolute Gasteiger partial charge is 0.263 e. The normalized spacial score (nSPS) is 10.3. The molecular weight excluding hydrogens is 308 g/mol. The summed E-state index contributed by atoms with van der Waals surface area (Å²) in [6.07, 6.45) is 2.31. The van der Waals surface area contributed by atoms with Crippen LogP contribution < -0.4 is 20.7 Å². The zero-order valence-corrected chi connectivity index (χ0v) is 13.4. The van der Waals surface area contributed by atoms with E-state index in [1.165, 1.54) is 4.68 Å². The molecule has 22 heavy (non-hydrogen) atoms. The van der Waals surface area contributed by atoms with Gasteiger partial charge in [-0.25, -0.2) is 10.1 Å². The van der Waals surface area contributed by atoms with Gasteiger partial charge in [0, 0.05) is 18.1 Å². The fourth-order valence-electron chi connectivity index (χ4n) is 1.73. The molecule has 1 aromatic carbocycles. The number of methoxy groups -OCH3 is 2. The highest BCUT2D eigenvalue weighted by Crippen LogP contribution is 2.23. The molecule has 0 amide bonds. The number of rotatable bonds is 6. The van der Waals surface area contributed by atoms with Crippen LogP contribution in [-0.4, -0.2) is 35.3 Å². The van der Waals surface area contributed by atoms with E-state index in [0.29, 0.717) is 29.7 Å². The van der Waals surface area contributed by atoms with Crippen molar-refractivity contribution in [3.05, 3.63) is 29.6 Å². The van der Waals surface area contributed by atoms with Gasteiger partial charge >= 0.3 is 0 Å². The fraction of sp³-hybridized carbons (Fsp3) is 0.308. The summed E-state index contributed by atoms with van der Waals surface area (Å²) in [5.74, 6) is 8.22. The Morgan fingerprint density at radius 2 is 2.09 bits per heavy atom. The fourth-order valence-corrected chi connectivity index (χ4v) is 1.73. The lowest BCUT2D eigenvalue weighted by molar-refractivity contribution is 0.394. The predicted molar refractivity (Wildman–Crippen MR) is 87.6 cm³/mol. The molecule has 0 saturated carbocycles. The van der Waals surface area contributed by atoms with Gasteiger partial charge in [0.25, 0.3) is 5.95 Å². The molecule has 0 radical (unpaired) electrons. The molecule has 120 valence electrons. The number of aromatic nitrogens is 3. The zero-order valence-electron chi connectivity index (χ0n) is 12.6. The molecule has 0 aliphatic heterocycles. The van der Waals surface area contributed by atoms with Gasteiger partial charge in [0.05, 0.1) is 20.4 Å². The first-order chi connectivity index (χ1) is 10.2. The number of anilines is 1. The Kier molecular flexibility index (Phi) is 6.46. The lowest BCUT2D eigenvalue weighted by Crippen LogP contribution is -2.14. The van der Waals surface area contributed by atoms with Gasteiger partial charge in [-0.05, 0) is 12.1 Å². The third-order valence-corrected chi connectivity index (χ3v) is 2.89. The van der Waals surface area contributed by atoms with E-state index in [4.69, 9.17) is 15.3 Å². The first-order valence-electron chi connectivity index (χ1n) is 6.40. The first-order valence-corrected chi connectivity index (χ1v) is 6.40.